The van der Waals surface area contributed by atoms with E-state index >= 15 is 0 Å². The normalized spacial score (nSPS) is 25.7. The zero-order valence-corrected chi connectivity index (χ0v) is 11.4. The summed E-state index contributed by atoms with van der Waals surface area (Å²) in [7, 11) is 0. The third kappa shape index (κ3) is 2.69. The summed E-state index contributed by atoms with van der Waals surface area (Å²) in [5.74, 6) is -0.650. The van der Waals surface area contributed by atoms with E-state index in [1.165, 1.54) is 18.2 Å². The van der Waals surface area contributed by atoms with Crippen LogP contribution < -0.4 is 5.32 Å². The van der Waals surface area contributed by atoms with Gasteiger partial charge in [0.1, 0.15) is 22.6 Å². The van der Waals surface area contributed by atoms with Crippen molar-refractivity contribution in [3.63, 3.8) is 0 Å². The predicted molar refractivity (Wildman–Crippen MR) is 73.2 cm³/mol. The minimum atomic E-state index is -0.904. The van der Waals surface area contributed by atoms with Gasteiger partial charge < -0.3 is 15.5 Å². The molecule has 0 bridgehead atoms. The number of carbonyl (C=O) groups excluding carboxylic acids is 1. The van der Waals surface area contributed by atoms with Gasteiger partial charge in [-0.25, -0.2) is 0 Å². The number of hydrogen-bond donors (Lipinski definition) is 3. The second-order valence-corrected chi connectivity index (χ2v) is 5.50. The van der Waals surface area contributed by atoms with Crippen LogP contribution in [0.1, 0.15) is 43.0 Å². The Balaban J connectivity index is 2.21. The minimum absolute atomic E-state index is 0.180. The molecule has 1 amide bonds. The fraction of sp³-hybridized carbons (Fsp3) is 0.467. The Morgan fingerprint density at radius 2 is 1.90 bits per heavy atom. The van der Waals surface area contributed by atoms with Crippen LogP contribution in [0.25, 0.3) is 0 Å². The molecule has 0 saturated heterocycles. The molecule has 1 aromatic rings. The molecule has 0 spiro atoms. The van der Waals surface area contributed by atoms with Gasteiger partial charge in [0.15, 0.2) is 0 Å². The first kappa shape index (κ1) is 14.2. The van der Waals surface area contributed by atoms with E-state index in [-0.39, 0.29) is 17.1 Å². The lowest BCUT2D eigenvalue weighted by atomic mass is 9.78. The molecule has 0 heterocycles. The second-order valence-electron chi connectivity index (χ2n) is 5.50. The Bertz CT molecular complexity index is 534. The number of carbonyl (C=O) groups is 1. The standard InChI is InChI=1S/C15H18N2O3/c1-10-5-7-15(9-16,8-6-10)17-14(20)13-11(18)3-2-4-12(13)19/h2-4,10,18-19H,5-8H2,1H3,(H,17,20). The van der Waals surface area contributed by atoms with Crippen molar-refractivity contribution >= 4 is 5.91 Å². The number of benzene rings is 1. The van der Waals surface area contributed by atoms with Crippen LogP contribution in [0.15, 0.2) is 18.2 Å². The Labute approximate surface area is 117 Å². The maximum atomic E-state index is 12.2. The molecule has 0 aliphatic heterocycles. The molecule has 3 N–H and O–H groups in total. The van der Waals surface area contributed by atoms with Crippen LogP contribution in [0.3, 0.4) is 0 Å². The number of rotatable bonds is 2. The minimum Gasteiger partial charge on any atom is -0.507 e. The molecular formula is C15H18N2O3. The maximum absolute atomic E-state index is 12.2. The van der Waals surface area contributed by atoms with Gasteiger partial charge >= 0.3 is 0 Å². The molecule has 5 heteroatoms. The summed E-state index contributed by atoms with van der Waals surface area (Å²) in [6.45, 7) is 2.12. The zero-order valence-electron chi connectivity index (χ0n) is 11.4. The molecule has 20 heavy (non-hydrogen) atoms. The van der Waals surface area contributed by atoms with Crippen LogP contribution in [-0.4, -0.2) is 21.7 Å². The molecular weight excluding hydrogens is 256 g/mol. The fourth-order valence-corrected chi connectivity index (χ4v) is 2.56. The van der Waals surface area contributed by atoms with Gasteiger partial charge in [-0.15, -0.1) is 0 Å². The van der Waals surface area contributed by atoms with Gasteiger partial charge in [0, 0.05) is 0 Å². The third-order valence-corrected chi connectivity index (χ3v) is 3.94. The van der Waals surface area contributed by atoms with Gasteiger partial charge in [-0.1, -0.05) is 13.0 Å². The van der Waals surface area contributed by atoms with Gasteiger partial charge in [0.2, 0.25) is 0 Å². The molecule has 1 aliphatic rings. The number of hydrogen-bond acceptors (Lipinski definition) is 4. The van der Waals surface area contributed by atoms with Crippen molar-refractivity contribution in [2.75, 3.05) is 0 Å². The van der Waals surface area contributed by atoms with E-state index in [0.29, 0.717) is 18.8 Å². The number of phenolic OH excluding ortho intramolecular Hbond substituents is 2. The molecule has 106 valence electrons. The monoisotopic (exact) mass is 274 g/mol. The number of nitrogens with one attached hydrogen (secondary N) is 1. The highest BCUT2D eigenvalue weighted by Gasteiger charge is 2.36. The van der Waals surface area contributed by atoms with Crippen LogP contribution in [0.5, 0.6) is 11.5 Å². The lowest BCUT2D eigenvalue weighted by molar-refractivity contribution is 0.0888. The maximum Gasteiger partial charge on any atom is 0.260 e. The van der Waals surface area contributed by atoms with Gasteiger partial charge in [-0.3, -0.25) is 4.79 Å². The quantitative estimate of drug-likeness (QED) is 0.771. The van der Waals surface area contributed by atoms with Crippen molar-refractivity contribution in [1.82, 2.24) is 5.32 Å². The number of aromatic hydroxyl groups is 2. The molecule has 0 atom stereocenters. The highest BCUT2D eigenvalue weighted by atomic mass is 16.3. The summed E-state index contributed by atoms with van der Waals surface area (Å²) in [6.07, 6.45) is 2.93. The van der Waals surface area contributed by atoms with Gasteiger partial charge in [0.25, 0.3) is 5.91 Å². The molecule has 1 aromatic carbocycles. The first-order valence-electron chi connectivity index (χ1n) is 6.72. The van der Waals surface area contributed by atoms with E-state index in [9.17, 15) is 20.3 Å². The van der Waals surface area contributed by atoms with Crippen molar-refractivity contribution < 1.29 is 15.0 Å². The second kappa shape index (κ2) is 5.41. The smallest absolute Gasteiger partial charge is 0.260 e. The van der Waals surface area contributed by atoms with Gasteiger partial charge in [-0.2, -0.15) is 5.26 Å². The van der Waals surface area contributed by atoms with Crippen LogP contribution in [0.2, 0.25) is 0 Å². The molecule has 0 aromatic heterocycles. The van der Waals surface area contributed by atoms with Crippen LogP contribution in [-0.2, 0) is 0 Å². The highest BCUT2D eigenvalue weighted by molar-refractivity contribution is 6.00. The van der Waals surface area contributed by atoms with Crippen molar-refractivity contribution in [3.8, 4) is 17.6 Å². The third-order valence-electron chi connectivity index (χ3n) is 3.94. The molecule has 1 aliphatic carbocycles. The van der Waals surface area contributed by atoms with E-state index in [0.717, 1.165) is 12.8 Å². The highest BCUT2D eigenvalue weighted by Crippen LogP contribution is 2.33. The van der Waals surface area contributed by atoms with E-state index in [4.69, 9.17) is 0 Å². The van der Waals surface area contributed by atoms with Crippen LogP contribution in [0.4, 0.5) is 0 Å². The largest absolute Gasteiger partial charge is 0.507 e. The number of amides is 1. The lowest BCUT2D eigenvalue weighted by Crippen LogP contribution is -2.49. The van der Waals surface area contributed by atoms with Crippen molar-refractivity contribution in [1.29, 1.82) is 5.26 Å². The predicted octanol–water partition coefficient (Wildman–Crippen LogP) is 2.30. The molecule has 1 fully saturated rings. The summed E-state index contributed by atoms with van der Waals surface area (Å²) in [5, 5.41) is 31.4. The topological polar surface area (TPSA) is 93.4 Å². The Hall–Kier alpha value is -2.22. The van der Waals surface area contributed by atoms with E-state index in [1.807, 2.05) is 0 Å². The van der Waals surface area contributed by atoms with E-state index < -0.39 is 11.4 Å². The molecule has 5 nitrogen and oxygen atoms in total. The number of nitriles is 1. The van der Waals surface area contributed by atoms with Crippen molar-refractivity contribution in [3.05, 3.63) is 23.8 Å². The van der Waals surface area contributed by atoms with Crippen molar-refractivity contribution in [2.24, 2.45) is 5.92 Å². The summed E-state index contributed by atoms with van der Waals surface area (Å²) in [4.78, 5) is 12.2. The summed E-state index contributed by atoms with van der Waals surface area (Å²) in [5.41, 5.74) is -1.08. The summed E-state index contributed by atoms with van der Waals surface area (Å²) in [6, 6.07) is 6.29. The Kier molecular flexibility index (Phi) is 3.84. The van der Waals surface area contributed by atoms with E-state index in [1.54, 1.807) is 0 Å². The van der Waals surface area contributed by atoms with Crippen molar-refractivity contribution in [2.45, 2.75) is 38.1 Å². The zero-order chi connectivity index (χ0) is 14.8. The number of nitrogens with zero attached hydrogens (tertiary/aromatic N) is 1. The average molecular weight is 274 g/mol. The molecule has 0 radical (unpaired) electrons. The van der Waals surface area contributed by atoms with Crippen LogP contribution in [0, 0.1) is 17.2 Å². The average Bonchev–Trinajstić information content (AvgIpc) is 2.41. The first-order chi connectivity index (χ1) is 9.47. The van der Waals surface area contributed by atoms with Crippen LogP contribution >= 0.6 is 0 Å². The molecule has 0 unspecified atom stereocenters. The molecule has 1 saturated carbocycles. The van der Waals surface area contributed by atoms with Gasteiger partial charge in [-0.05, 0) is 43.7 Å². The Morgan fingerprint density at radius 3 is 2.40 bits per heavy atom. The lowest BCUT2D eigenvalue weighted by Gasteiger charge is -2.34. The SMILES string of the molecule is CC1CCC(C#N)(NC(=O)c2c(O)cccc2O)CC1. The summed E-state index contributed by atoms with van der Waals surface area (Å²) < 4.78 is 0. The first-order valence-corrected chi connectivity index (χ1v) is 6.72. The molecule has 2 rings (SSSR count). The fourth-order valence-electron chi connectivity index (χ4n) is 2.56. The number of phenols is 2. The van der Waals surface area contributed by atoms with Gasteiger partial charge in [0.05, 0.1) is 6.07 Å². The van der Waals surface area contributed by atoms with E-state index in [2.05, 4.69) is 18.3 Å². The summed E-state index contributed by atoms with van der Waals surface area (Å²) >= 11 is 0. The Morgan fingerprint density at radius 1 is 1.35 bits per heavy atom.